The van der Waals surface area contributed by atoms with E-state index in [0.29, 0.717) is 59.1 Å². The number of carbonyl (C=O) groups is 1. The van der Waals surface area contributed by atoms with Crippen LogP contribution in [0.2, 0.25) is 5.02 Å². The number of amides is 1. The SMILES string of the molecule is COc1ccc(CCC(=O)Nc2cc3c(cc2Cl)OCCCO3)c(OC)c1OC. The van der Waals surface area contributed by atoms with Crippen LogP contribution in [0.4, 0.5) is 5.69 Å². The van der Waals surface area contributed by atoms with E-state index in [9.17, 15) is 4.79 Å². The number of methoxy groups -OCH3 is 3. The molecule has 0 aliphatic carbocycles. The van der Waals surface area contributed by atoms with Crippen molar-refractivity contribution in [2.45, 2.75) is 19.3 Å². The molecule has 1 amide bonds. The molecule has 1 N–H and O–H groups in total. The zero-order valence-corrected chi connectivity index (χ0v) is 17.4. The Balaban J connectivity index is 1.70. The van der Waals surface area contributed by atoms with E-state index in [1.54, 1.807) is 39.5 Å². The molecule has 0 aromatic heterocycles. The number of hydrogen-bond acceptors (Lipinski definition) is 6. The molecule has 156 valence electrons. The molecule has 0 atom stereocenters. The predicted octanol–water partition coefficient (Wildman–Crippen LogP) is 4.10. The number of halogens is 1. The first-order valence-electron chi connectivity index (χ1n) is 9.24. The first kappa shape index (κ1) is 20.9. The number of nitrogens with one attached hydrogen (secondary N) is 1. The standard InChI is InChI=1S/C21H24ClNO6/c1-25-16-7-5-13(20(26-2)21(16)27-3)6-8-19(24)23-15-12-18-17(11-14(15)22)28-9-4-10-29-18/h5,7,11-12H,4,6,8-10H2,1-3H3,(H,23,24). The van der Waals surface area contributed by atoms with Gasteiger partial charge in [0.15, 0.2) is 23.0 Å². The van der Waals surface area contributed by atoms with E-state index >= 15 is 0 Å². The third kappa shape index (κ3) is 4.79. The lowest BCUT2D eigenvalue weighted by atomic mass is 10.1. The molecular formula is C21H24ClNO6. The van der Waals surface area contributed by atoms with Crippen molar-refractivity contribution in [1.29, 1.82) is 0 Å². The van der Waals surface area contributed by atoms with Gasteiger partial charge in [0.1, 0.15) is 0 Å². The summed E-state index contributed by atoms with van der Waals surface area (Å²) in [4.78, 5) is 12.5. The first-order chi connectivity index (χ1) is 14.1. The lowest BCUT2D eigenvalue weighted by molar-refractivity contribution is -0.116. The average Bonchev–Trinajstić information content (AvgIpc) is 2.96. The Labute approximate surface area is 174 Å². The molecule has 29 heavy (non-hydrogen) atoms. The molecule has 0 bridgehead atoms. The summed E-state index contributed by atoms with van der Waals surface area (Å²) in [5.74, 6) is 2.59. The Morgan fingerprint density at radius 2 is 1.72 bits per heavy atom. The summed E-state index contributed by atoms with van der Waals surface area (Å²) in [6, 6.07) is 7.00. The van der Waals surface area contributed by atoms with Crippen LogP contribution in [0.25, 0.3) is 0 Å². The quantitative estimate of drug-likeness (QED) is 0.725. The van der Waals surface area contributed by atoms with Gasteiger partial charge in [-0.15, -0.1) is 0 Å². The van der Waals surface area contributed by atoms with E-state index < -0.39 is 0 Å². The average molecular weight is 422 g/mol. The maximum Gasteiger partial charge on any atom is 0.224 e. The number of benzene rings is 2. The number of anilines is 1. The van der Waals surface area contributed by atoms with Gasteiger partial charge in [-0.1, -0.05) is 17.7 Å². The van der Waals surface area contributed by atoms with E-state index in [-0.39, 0.29) is 12.3 Å². The van der Waals surface area contributed by atoms with Crippen molar-refractivity contribution in [3.63, 3.8) is 0 Å². The number of carbonyl (C=O) groups excluding carboxylic acids is 1. The van der Waals surface area contributed by atoms with Gasteiger partial charge in [-0.05, 0) is 18.1 Å². The van der Waals surface area contributed by atoms with Crippen molar-refractivity contribution in [3.8, 4) is 28.7 Å². The molecule has 3 rings (SSSR count). The van der Waals surface area contributed by atoms with Crippen LogP contribution < -0.4 is 29.0 Å². The third-order valence-corrected chi connectivity index (χ3v) is 4.83. The van der Waals surface area contributed by atoms with Crippen LogP contribution >= 0.6 is 11.6 Å². The number of fused-ring (bicyclic) bond motifs is 1. The van der Waals surface area contributed by atoms with Crippen LogP contribution in [-0.4, -0.2) is 40.5 Å². The van der Waals surface area contributed by atoms with Gasteiger partial charge in [-0.25, -0.2) is 0 Å². The van der Waals surface area contributed by atoms with Gasteiger partial charge in [0.25, 0.3) is 0 Å². The highest BCUT2D eigenvalue weighted by Gasteiger charge is 2.18. The van der Waals surface area contributed by atoms with Crippen molar-refractivity contribution < 1.29 is 28.5 Å². The van der Waals surface area contributed by atoms with E-state index in [1.165, 1.54) is 0 Å². The summed E-state index contributed by atoms with van der Waals surface area (Å²) in [6.45, 7) is 1.13. The highest BCUT2D eigenvalue weighted by molar-refractivity contribution is 6.34. The van der Waals surface area contributed by atoms with Crippen LogP contribution in [0.1, 0.15) is 18.4 Å². The highest BCUT2D eigenvalue weighted by atomic mass is 35.5. The molecule has 0 spiro atoms. The van der Waals surface area contributed by atoms with Crippen LogP contribution in [0, 0.1) is 0 Å². The minimum atomic E-state index is -0.182. The number of hydrogen-bond donors (Lipinski definition) is 1. The van der Waals surface area contributed by atoms with Crippen LogP contribution in [-0.2, 0) is 11.2 Å². The Morgan fingerprint density at radius 1 is 1.03 bits per heavy atom. The van der Waals surface area contributed by atoms with E-state index in [4.69, 9.17) is 35.3 Å². The van der Waals surface area contributed by atoms with Gasteiger partial charge >= 0.3 is 0 Å². The molecule has 0 unspecified atom stereocenters. The zero-order chi connectivity index (χ0) is 20.8. The molecular weight excluding hydrogens is 398 g/mol. The number of ether oxygens (including phenoxy) is 5. The molecule has 1 aliphatic heterocycles. The minimum Gasteiger partial charge on any atom is -0.493 e. The van der Waals surface area contributed by atoms with Crippen molar-refractivity contribution in [1.82, 2.24) is 0 Å². The summed E-state index contributed by atoms with van der Waals surface area (Å²) in [5, 5.41) is 3.23. The summed E-state index contributed by atoms with van der Waals surface area (Å²) in [6.07, 6.45) is 1.48. The fourth-order valence-electron chi connectivity index (χ4n) is 3.10. The molecule has 7 nitrogen and oxygen atoms in total. The van der Waals surface area contributed by atoms with Crippen molar-refractivity contribution in [2.24, 2.45) is 0 Å². The highest BCUT2D eigenvalue weighted by Crippen LogP contribution is 2.40. The van der Waals surface area contributed by atoms with Gasteiger partial charge in [0, 0.05) is 25.0 Å². The van der Waals surface area contributed by atoms with Gasteiger partial charge in [-0.3, -0.25) is 4.79 Å². The van der Waals surface area contributed by atoms with Crippen molar-refractivity contribution in [3.05, 3.63) is 34.9 Å². The van der Waals surface area contributed by atoms with E-state index in [1.807, 2.05) is 6.07 Å². The lowest BCUT2D eigenvalue weighted by Gasteiger charge is -2.16. The summed E-state index contributed by atoms with van der Waals surface area (Å²) >= 11 is 6.30. The van der Waals surface area contributed by atoms with Gasteiger partial charge < -0.3 is 29.0 Å². The lowest BCUT2D eigenvalue weighted by Crippen LogP contribution is -2.13. The predicted molar refractivity (Wildman–Crippen MR) is 110 cm³/mol. The Hall–Kier alpha value is -2.80. The fourth-order valence-corrected chi connectivity index (χ4v) is 3.30. The molecule has 2 aromatic rings. The molecule has 1 aliphatic rings. The van der Waals surface area contributed by atoms with Crippen LogP contribution in [0.15, 0.2) is 24.3 Å². The second-order valence-corrected chi connectivity index (χ2v) is 6.78. The topological polar surface area (TPSA) is 75.3 Å². The molecule has 1 heterocycles. The van der Waals surface area contributed by atoms with Crippen molar-refractivity contribution in [2.75, 3.05) is 39.9 Å². The maximum absolute atomic E-state index is 12.5. The molecule has 0 fully saturated rings. The first-order valence-corrected chi connectivity index (χ1v) is 9.62. The second-order valence-electron chi connectivity index (χ2n) is 6.37. The van der Waals surface area contributed by atoms with E-state index in [0.717, 1.165) is 12.0 Å². The fraction of sp³-hybridized carbons (Fsp3) is 0.381. The molecule has 2 aromatic carbocycles. The monoisotopic (exact) mass is 421 g/mol. The Morgan fingerprint density at radius 3 is 2.38 bits per heavy atom. The number of rotatable bonds is 7. The molecule has 8 heteroatoms. The van der Waals surface area contributed by atoms with Crippen molar-refractivity contribution >= 4 is 23.2 Å². The van der Waals surface area contributed by atoms with Crippen LogP contribution in [0.5, 0.6) is 28.7 Å². The normalized spacial score (nSPS) is 12.7. The molecule has 0 saturated carbocycles. The smallest absolute Gasteiger partial charge is 0.224 e. The summed E-state index contributed by atoms with van der Waals surface area (Å²) in [7, 11) is 4.66. The second kappa shape index (κ2) is 9.60. The number of aryl methyl sites for hydroxylation is 1. The van der Waals surface area contributed by atoms with E-state index in [2.05, 4.69) is 5.32 Å². The molecule has 0 saturated heterocycles. The molecule has 0 radical (unpaired) electrons. The minimum absolute atomic E-state index is 0.182. The summed E-state index contributed by atoms with van der Waals surface area (Å²) < 4.78 is 27.4. The Kier molecular flexibility index (Phi) is 6.93. The Bertz CT molecular complexity index is 886. The van der Waals surface area contributed by atoms with Gasteiger partial charge in [0.05, 0.1) is 45.3 Å². The summed E-state index contributed by atoms with van der Waals surface area (Å²) in [5.41, 5.74) is 1.32. The van der Waals surface area contributed by atoms with Gasteiger partial charge in [-0.2, -0.15) is 0 Å². The van der Waals surface area contributed by atoms with Gasteiger partial charge in [0.2, 0.25) is 11.7 Å². The van der Waals surface area contributed by atoms with Crippen LogP contribution in [0.3, 0.4) is 0 Å². The third-order valence-electron chi connectivity index (χ3n) is 4.52. The largest absolute Gasteiger partial charge is 0.493 e. The zero-order valence-electron chi connectivity index (χ0n) is 16.7. The maximum atomic E-state index is 12.5.